The lowest BCUT2D eigenvalue weighted by Crippen LogP contribution is -2.36. The molecule has 0 atom stereocenters. The molecule has 13 heavy (non-hydrogen) atoms. The van der Waals surface area contributed by atoms with Gasteiger partial charge in [0.2, 0.25) is 0 Å². The maximum atomic E-state index is 11.0. The molecule has 0 aromatic heterocycles. The summed E-state index contributed by atoms with van der Waals surface area (Å²) in [7, 11) is 0. The van der Waals surface area contributed by atoms with Gasteiger partial charge < -0.3 is 4.74 Å². The van der Waals surface area contributed by atoms with Crippen LogP contribution in [-0.2, 0) is 9.53 Å². The van der Waals surface area contributed by atoms with Crippen molar-refractivity contribution in [2.45, 2.75) is 64.4 Å². The molecule has 0 radical (unpaired) electrons. The minimum Gasteiger partial charge on any atom is -0.459 e. The summed E-state index contributed by atoms with van der Waals surface area (Å²) in [6.45, 7) is 3.67. The van der Waals surface area contributed by atoms with Gasteiger partial charge in [0.1, 0.15) is 5.60 Å². The van der Waals surface area contributed by atoms with Crippen molar-refractivity contribution < 1.29 is 9.53 Å². The highest BCUT2D eigenvalue weighted by Gasteiger charge is 2.33. The van der Waals surface area contributed by atoms with E-state index in [1.807, 2.05) is 0 Å². The Balaban J connectivity index is 2.55. The summed E-state index contributed by atoms with van der Waals surface area (Å²) in [4.78, 5) is 11.0. The van der Waals surface area contributed by atoms with Crippen LogP contribution in [0.2, 0.25) is 0 Å². The summed E-state index contributed by atoms with van der Waals surface area (Å²) < 4.78 is 5.48. The highest BCUT2D eigenvalue weighted by Crippen LogP contribution is 2.35. The molecule has 2 nitrogen and oxygen atoms in total. The zero-order chi connectivity index (χ0) is 9.73. The van der Waals surface area contributed by atoms with Crippen molar-refractivity contribution >= 4 is 5.97 Å². The van der Waals surface area contributed by atoms with E-state index in [0.717, 1.165) is 25.7 Å². The van der Waals surface area contributed by atoms with Gasteiger partial charge in [-0.3, -0.25) is 4.79 Å². The average Bonchev–Trinajstić information content (AvgIpc) is 2.04. The lowest BCUT2D eigenvalue weighted by Gasteiger charge is -2.36. The summed E-state index contributed by atoms with van der Waals surface area (Å²) in [5, 5.41) is 0. The van der Waals surface area contributed by atoms with E-state index < -0.39 is 0 Å². The van der Waals surface area contributed by atoms with Gasteiger partial charge >= 0.3 is 5.97 Å². The van der Waals surface area contributed by atoms with Gasteiger partial charge in [-0.1, -0.05) is 19.8 Å². The third-order valence-corrected chi connectivity index (χ3v) is 2.83. The Labute approximate surface area is 80.7 Å². The Hall–Kier alpha value is -0.530. The number of rotatable bonds is 3. The second kappa shape index (κ2) is 4.64. The lowest BCUT2D eigenvalue weighted by molar-refractivity contribution is -0.161. The van der Waals surface area contributed by atoms with E-state index in [-0.39, 0.29) is 11.6 Å². The molecule has 0 unspecified atom stereocenters. The van der Waals surface area contributed by atoms with Crippen LogP contribution < -0.4 is 0 Å². The first kappa shape index (κ1) is 10.6. The first-order valence-electron chi connectivity index (χ1n) is 5.38. The topological polar surface area (TPSA) is 26.3 Å². The summed E-state index contributed by atoms with van der Waals surface area (Å²) in [6, 6.07) is 0. The minimum atomic E-state index is -0.115. The molecule has 0 heterocycles. The van der Waals surface area contributed by atoms with Gasteiger partial charge in [0, 0.05) is 6.92 Å². The fourth-order valence-corrected chi connectivity index (χ4v) is 2.36. The van der Waals surface area contributed by atoms with E-state index in [2.05, 4.69) is 6.92 Å². The number of ether oxygens (including phenoxy) is 1. The van der Waals surface area contributed by atoms with Crippen LogP contribution in [0.25, 0.3) is 0 Å². The molecular weight excluding hydrogens is 164 g/mol. The molecule has 0 spiro atoms. The predicted molar refractivity (Wildman–Crippen MR) is 52.5 cm³/mol. The van der Waals surface area contributed by atoms with Gasteiger partial charge in [0.15, 0.2) is 0 Å². The van der Waals surface area contributed by atoms with Crippen molar-refractivity contribution in [2.75, 3.05) is 0 Å². The number of hydrogen-bond donors (Lipinski definition) is 0. The molecule has 1 aliphatic carbocycles. The maximum Gasteiger partial charge on any atom is 0.303 e. The second-order valence-electron chi connectivity index (χ2n) is 4.09. The second-order valence-corrected chi connectivity index (χ2v) is 4.09. The Morgan fingerprint density at radius 2 is 1.92 bits per heavy atom. The quantitative estimate of drug-likeness (QED) is 0.630. The lowest BCUT2D eigenvalue weighted by atomic mass is 9.81. The van der Waals surface area contributed by atoms with Crippen molar-refractivity contribution in [3.05, 3.63) is 0 Å². The molecule has 1 saturated carbocycles. The standard InChI is InChI=1S/C11H20O2/c1-3-7-11(13-10(2)12)8-5-4-6-9-11/h3-9H2,1-2H3. The molecule has 2 heteroatoms. The molecule has 0 N–H and O–H groups in total. The number of hydrogen-bond acceptors (Lipinski definition) is 2. The van der Waals surface area contributed by atoms with Gasteiger partial charge in [0.05, 0.1) is 0 Å². The maximum absolute atomic E-state index is 11.0. The Morgan fingerprint density at radius 3 is 2.38 bits per heavy atom. The Kier molecular flexibility index (Phi) is 3.76. The van der Waals surface area contributed by atoms with Crippen LogP contribution in [0.1, 0.15) is 58.8 Å². The first-order valence-corrected chi connectivity index (χ1v) is 5.38. The van der Waals surface area contributed by atoms with Gasteiger partial charge in [-0.05, 0) is 32.1 Å². The zero-order valence-corrected chi connectivity index (χ0v) is 8.77. The number of carbonyl (C=O) groups is 1. The van der Waals surface area contributed by atoms with Crippen LogP contribution >= 0.6 is 0 Å². The van der Waals surface area contributed by atoms with Crippen molar-refractivity contribution in [3.8, 4) is 0 Å². The molecule has 1 fully saturated rings. The largest absolute Gasteiger partial charge is 0.459 e. The van der Waals surface area contributed by atoms with E-state index >= 15 is 0 Å². The molecule has 0 aromatic rings. The van der Waals surface area contributed by atoms with E-state index in [1.54, 1.807) is 0 Å². The van der Waals surface area contributed by atoms with E-state index in [9.17, 15) is 4.79 Å². The molecule has 1 rings (SSSR count). The summed E-state index contributed by atoms with van der Waals surface area (Å²) in [5.41, 5.74) is -0.0984. The Bertz CT molecular complexity index is 163. The molecule has 1 aliphatic rings. The van der Waals surface area contributed by atoms with Gasteiger partial charge in [0.25, 0.3) is 0 Å². The highest BCUT2D eigenvalue weighted by atomic mass is 16.6. The van der Waals surface area contributed by atoms with Gasteiger partial charge in [-0.25, -0.2) is 0 Å². The SMILES string of the molecule is CCCC1(OC(C)=O)CCCCC1. The van der Waals surface area contributed by atoms with Gasteiger partial charge in [-0.2, -0.15) is 0 Å². The fraction of sp³-hybridized carbons (Fsp3) is 0.909. The third-order valence-electron chi connectivity index (χ3n) is 2.83. The number of carbonyl (C=O) groups excluding carboxylic acids is 1. The minimum absolute atomic E-state index is 0.0984. The average molecular weight is 184 g/mol. The summed E-state index contributed by atoms with van der Waals surface area (Å²) >= 11 is 0. The van der Waals surface area contributed by atoms with Crippen LogP contribution in [0, 0.1) is 0 Å². The van der Waals surface area contributed by atoms with Crippen molar-refractivity contribution in [1.29, 1.82) is 0 Å². The smallest absolute Gasteiger partial charge is 0.303 e. The molecule has 0 aliphatic heterocycles. The van der Waals surface area contributed by atoms with E-state index in [0.29, 0.717) is 0 Å². The van der Waals surface area contributed by atoms with Crippen LogP contribution in [0.4, 0.5) is 0 Å². The van der Waals surface area contributed by atoms with E-state index in [1.165, 1.54) is 26.2 Å². The Morgan fingerprint density at radius 1 is 1.31 bits per heavy atom. The predicted octanol–water partition coefficient (Wildman–Crippen LogP) is 3.05. The van der Waals surface area contributed by atoms with Crippen molar-refractivity contribution in [2.24, 2.45) is 0 Å². The fourth-order valence-electron chi connectivity index (χ4n) is 2.36. The summed E-state index contributed by atoms with van der Waals surface area (Å²) in [5.74, 6) is -0.115. The molecular formula is C11H20O2. The van der Waals surface area contributed by atoms with Crippen LogP contribution in [0.5, 0.6) is 0 Å². The van der Waals surface area contributed by atoms with Crippen LogP contribution in [0.15, 0.2) is 0 Å². The first-order chi connectivity index (χ1) is 6.18. The number of esters is 1. The molecule has 0 amide bonds. The normalized spacial score (nSPS) is 21.1. The van der Waals surface area contributed by atoms with Crippen LogP contribution in [-0.4, -0.2) is 11.6 Å². The van der Waals surface area contributed by atoms with Gasteiger partial charge in [-0.15, -0.1) is 0 Å². The molecule has 76 valence electrons. The molecule has 0 aromatic carbocycles. The van der Waals surface area contributed by atoms with Crippen LogP contribution in [0.3, 0.4) is 0 Å². The monoisotopic (exact) mass is 184 g/mol. The highest BCUT2D eigenvalue weighted by molar-refractivity contribution is 5.66. The van der Waals surface area contributed by atoms with Crippen molar-refractivity contribution in [1.82, 2.24) is 0 Å². The summed E-state index contributed by atoms with van der Waals surface area (Å²) in [6.07, 6.45) is 8.01. The van der Waals surface area contributed by atoms with Crippen molar-refractivity contribution in [3.63, 3.8) is 0 Å². The third kappa shape index (κ3) is 3.02. The molecule has 0 saturated heterocycles. The zero-order valence-electron chi connectivity index (χ0n) is 8.77. The molecule has 0 bridgehead atoms. The van der Waals surface area contributed by atoms with E-state index in [4.69, 9.17) is 4.74 Å².